The summed E-state index contributed by atoms with van der Waals surface area (Å²) in [6.45, 7) is 0.588. The summed E-state index contributed by atoms with van der Waals surface area (Å²) in [6.07, 6.45) is 0. The van der Waals surface area contributed by atoms with Gasteiger partial charge in [0.15, 0.2) is 0 Å². The van der Waals surface area contributed by atoms with Crippen LogP contribution in [0.5, 0.6) is 0 Å². The van der Waals surface area contributed by atoms with Gasteiger partial charge in [-0.1, -0.05) is 36.4 Å². The molecule has 1 aromatic heterocycles. The van der Waals surface area contributed by atoms with E-state index in [1.54, 1.807) is 11.3 Å². The van der Waals surface area contributed by atoms with Crippen molar-refractivity contribution >= 4 is 23.2 Å². The van der Waals surface area contributed by atoms with Gasteiger partial charge < -0.3 is 0 Å². The molecule has 22 heavy (non-hydrogen) atoms. The van der Waals surface area contributed by atoms with Crippen molar-refractivity contribution in [2.75, 3.05) is 0 Å². The summed E-state index contributed by atoms with van der Waals surface area (Å²) >= 11 is 1.60. The van der Waals surface area contributed by atoms with Crippen LogP contribution in [0.15, 0.2) is 47.8 Å². The summed E-state index contributed by atoms with van der Waals surface area (Å²) in [5.74, 6) is -0.760. The molecule has 1 aromatic carbocycles. The number of imide groups is 1. The molecule has 3 heterocycles. The lowest BCUT2D eigenvalue weighted by molar-refractivity contribution is -0.127. The van der Waals surface area contributed by atoms with Crippen molar-refractivity contribution in [2.45, 2.75) is 18.6 Å². The van der Waals surface area contributed by atoms with Crippen LogP contribution in [0.2, 0.25) is 0 Å². The Morgan fingerprint density at radius 3 is 2.59 bits per heavy atom. The first kappa shape index (κ1) is 13.6. The molecule has 2 N–H and O–H groups in total. The van der Waals surface area contributed by atoms with Gasteiger partial charge in [-0.15, -0.1) is 11.3 Å². The third kappa shape index (κ3) is 2.16. The summed E-state index contributed by atoms with van der Waals surface area (Å²) in [5.41, 5.74) is 4.47. The number of thiophene rings is 1. The number of nitrogens with zero attached hydrogens (tertiary/aromatic N) is 1. The summed E-state index contributed by atoms with van der Waals surface area (Å²) in [7, 11) is 0. The molecule has 2 fully saturated rings. The van der Waals surface area contributed by atoms with Gasteiger partial charge in [-0.25, -0.2) is 10.4 Å². The van der Waals surface area contributed by atoms with Crippen LogP contribution < -0.4 is 10.7 Å². The molecular formula is C16H15N3O2S. The molecule has 0 aliphatic carbocycles. The molecule has 2 aromatic rings. The van der Waals surface area contributed by atoms with Gasteiger partial charge in [0.2, 0.25) is 11.8 Å². The van der Waals surface area contributed by atoms with Crippen molar-refractivity contribution in [1.82, 2.24) is 15.8 Å². The third-order valence-electron chi connectivity index (χ3n) is 4.20. The van der Waals surface area contributed by atoms with E-state index in [0.29, 0.717) is 6.54 Å². The molecular weight excluding hydrogens is 298 g/mol. The molecule has 0 unspecified atom stereocenters. The molecule has 2 amide bonds. The monoisotopic (exact) mass is 313 g/mol. The lowest BCUT2D eigenvalue weighted by Crippen LogP contribution is -2.43. The van der Waals surface area contributed by atoms with Crippen molar-refractivity contribution in [3.8, 4) is 0 Å². The van der Waals surface area contributed by atoms with Crippen LogP contribution in [-0.2, 0) is 16.1 Å². The van der Waals surface area contributed by atoms with Crippen molar-refractivity contribution in [2.24, 2.45) is 5.92 Å². The molecule has 0 radical (unpaired) electrons. The normalized spacial score (nSPS) is 27.9. The van der Waals surface area contributed by atoms with Gasteiger partial charge in [0, 0.05) is 11.4 Å². The predicted octanol–water partition coefficient (Wildman–Crippen LogP) is 1.45. The Kier molecular flexibility index (Phi) is 3.29. The first-order chi connectivity index (χ1) is 10.7. The lowest BCUT2D eigenvalue weighted by atomic mass is 9.95. The van der Waals surface area contributed by atoms with E-state index in [1.807, 2.05) is 52.9 Å². The Hall–Kier alpha value is -2.02. The van der Waals surface area contributed by atoms with E-state index in [-0.39, 0.29) is 23.8 Å². The van der Waals surface area contributed by atoms with Crippen LogP contribution in [0, 0.1) is 5.92 Å². The minimum absolute atomic E-state index is 0.139. The van der Waals surface area contributed by atoms with E-state index in [1.165, 1.54) is 0 Å². The first-order valence-electron chi connectivity index (χ1n) is 7.19. The molecule has 2 saturated heterocycles. The van der Waals surface area contributed by atoms with Gasteiger partial charge >= 0.3 is 0 Å². The predicted molar refractivity (Wildman–Crippen MR) is 82.6 cm³/mol. The Bertz CT molecular complexity index is 701. The molecule has 0 bridgehead atoms. The van der Waals surface area contributed by atoms with E-state index >= 15 is 0 Å². The second-order valence-corrected chi connectivity index (χ2v) is 6.54. The van der Waals surface area contributed by atoms with Crippen molar-refractivity contribution in [3.05, 3.63) is 58.3 Å². The Labute approximate surface area is 131 Å². The highest BCUT2D eigenvalue weighted by Gasteiger charge is 2.55. The lowest BCUT2D eigenvalue weighted by Gasteiger charge is -2.21. The smallest absolute Gasteiger partial charge is 0.246 e. The van der Waals surface area contributed by atoms with Gasteiger partial charge in [-0.2, -0.15) is 0 Å². The zero-order chi connectivity index (χ0) is 15.1. The standard InChI is InChI=1S/C16H15N3O2S/c20-15-12-13(11-7-4-8-22-11)18-19(14(12)16(21)17-15)9-10-5-2-1-3-6-10/h1-8,12-14,18H,9H2,(H,17,20,21)/t12-,13-,14+/m1/s1. The molecule has 4 rings (SSSR count). The molecule has 0 spiro atoms. The zero-order valence-electron chi connectivity index (χ0n) is 11.7. The first-order valence-corrected chi connectivity index (χ1v) is 8.07. The SMILES string of the molecule is O=C1NC(=O)[C@@H]2[C@H]1[C@@H](c1cccs1)NN2Cc1ccccc1. The largest absolute Gasteiger partial charge is 0.295 e. The zero-order valence-corrected chi connectivity index (χ0v) is 12.5. The maximum Gasteiger partial charge on any atom is 0.246 e. The topological polar surface area (TPSA) is 61.4 Å². The molecule has 5 nitrogen and oxygen atoms in total. The number of benzene rings is 1. The minimum Gasteiger partial charge on any atom is -0.295 e. The van der Waals surface area contributed by atoms with Crippen LogP contribution in [0.4, 0.5) is 0 Å². The maximum atomic E-state index is 12.2. The van der Waals surface area contributed by atoms with Gasteiger partial charge in [-0.05, 0) is 17.0 Å². The van der Waals surface area contributed by atoms with E-state index in [9.17, 15) is 9.59 Å². The summed E-state index contributed by atoms with van der Waals surface area (Å²) in [5, 5.41) is 6.35. The second-order valence-electron chi connectivity index (χ2n) is 5.56. The number of hydrogen-bond acceptors (Lipinski definition) is 5. The van der Waals surface area contributed by atoms with Gasteiger partial charge in [0.25, 0.3) is 0 Å². The molecule has 0 saturated carbocycles. The summed E-state index contributed by atoms with van der Waals surface area (Å²) < 4.78 is 0. The fourth-order valence-corrected chi connectivity index (χ4v) is 4.04. The summed E-state index contributed by atoms with van der Waals surface area (Å²) in [6, 6.07) is 13.3. The highest BCUT2D eigenvalue weighted by atomic mass is 32.1. The van der Waals surface area contributed by atoms with Crippen LogP contribution in [0.3, 0.4) is 0 Å². The van der Waals surface area contributed by atoms with Crippen molar-refractivity contribution in [1.29, 1.82) is 0 Å². The number of carbonyl (C=O) groups excluding carboxylic acids is 2. The Morgan fingerprint density at radius 1 is 1.05 bits per heavy atom. The second kappa shape index (κ2) is 5.31. The van der Waals surface area contributed by atoms with E-state index in [4.69, 9.17) is 0 Å². The number of hydrogen-bond donors (Lipinski definition) is 2. The minimum atomic E-state index is -0.445. The highest BCUT2D eigenvalue weighted by molar-refractivity contribution is 7.10. The number of carbonyl (C=O) groups is 2. The van der Waals surface area contributed by atoms with E-state index < -0.39 is 6.04 Å². The van der Waals surface area contributed by atoms with E-state index in [0.717, 1.165) is 10.4 Å². The number of hydrazine groups is 1. The van der Waals surface area contributed by atoms with Crippen LogP contribution >= 0.6 is 11.3 Å². The fourth-order valence-electron chi connectivity index (χ4n) is 3.23. The fraction of sp³-hybridized carbons (Fsp3) is 0.250. The number of rotatable bonds is 3. The third-order valence-corrected chi connectivity index (χ3v) is 5.16. The molecule has 2 aliphatic heterocycles. The molecule has 2 aliphatic rings. The number of nitrogens with one attached hydrogen (secondary N) is 2. The Morgan fingerprint density at radius 2 is 1.86 bits per heavy atom. The van der Waals surface area contributed by atoms with Gasteiger partial charge in [0.05, 0.1) is 12.0 Å². The molecule has 6 heteroatoms. The van der Waals surface area contributed by atoms with E-state index in [2.05, 4.69) is 10.7 Å². The van der Waals surface area contributed by atoms with Crippen molar-refractivity contribution < 1.29 is 9.59 Å². The average molecular weight is 313 g/mol. The number of fused-ring (bicyclic) bond motifs is 1. The van der Waals surface area contributed by atoms with Crippen molar-refractivity contribution in [3.63, 3.8) is 0 Å². The van der Waals surface area contributed by atoms with Crippen LogP contribution in [-0.4, -0.2) is 22.9 Å². The molecule has 112 valence electrons. The highest BCUT2D eigenvalue weighted by Crippen LogP contribution is 2.39. The van der Waals surface area contributed by atoms with Crippen LogP contribution in [0.1, 0.15) is 16.5 Å². The van der Waals surface area contributed by atoms with Gasteiger partial charge in [-0.3, -0.25) is 14.9 Å². The maximum absolute atomic E-state index is 12.2. The Balaban J connectivity index is 1.65. The summed E-state index contributed by atoms with van der Waals surface area (Å²) in [4.78, 5) is 25.4. The average Bonchev–Trinajstić information content (AvgIpc) is 3.20. The molecule has 3 atom stereocenters. The van der Waals surface area contributed by atoms with Gasteiger partial charge in [0.1, 0.15) is 6.04 Å². The number of amides is 2. The van der Waals surface area contributed by atoms with Crippen LogP contribution in [0.25, 0.3) is 0 Å². The quantitative estimate of drug-likeness (QED) is 0.842.